The van der Waals surface area contributed by atoms with Crippen LogP contribution in [0, 0.1) is 0 Å². The van der Waals surface area contributed by atoms with Crippen molar-refractivity contribution in [2.75, 3.05) is 24.9 Å². The van der Waals surface area contributed by atoms with Gasteiger partial charge in [-0.2, -0.15) is 0 Å². The molecule has 0 saturated heterocycles. The van der Waals surface area contributed by atoms with Crippen molar-refractivity contribution in [1.82, 2.24) is 0 Å². The zero-order valence-electron chi connectivity index (χ0n) is 13.9. The molecule has 24 heavy (non-hydrogen) atoms. The third kappa shape index (κ3) is 4.74. The summed E-state index contributed by atoms with van der Waals surface area (Å²) in [5.41, 5.74) is 1.92. The molecule has 2 aromatic rings. The van der Waals surface area contributed by atoms with Gasteiger partial charge in [0, 0.05) is 12.6 Å². The molecule has 6 heteroatoms. The number of nitrogens with one attached hydrogen (secondary N) is 2. The zero-order valence-corrected chi connectivity index (χ0v) is 13.9. The molecule has 0 aliphatic rings. The van der Waals surface area contributed by atoms with Gasteiger partial charge in [-0.05, 0) is 35.9 Å². The van der Waals surface area contributed by atoms with E-state index in [9.17, 15) is 9.59 Å². The molecule has 0 fully saturated rings. The number of anilines is 2. The minimum absolute atomic E-state index is 0.186. The summed E-state index contributed by atoms with van der Waals surface area (Å²) in [5, 5.41) is 5.48. The summed E-state index contributed by atoms with van der Waals surface area (Å²) in [6.45, 7) is 1.42. The molecule has 0 bridgehead atoms. The van der Waals surface area contributed by atoms with Crippen LogP contribution in [0.25, 0.3) is 0 Å². The van der Waals surface area contributed by atoms with E-state index in [2.05, 4.69) is 10.6 Å². The Balaban J connectivity index is 2.13. The summed E-state index contributed by atoms with van der Waals surface area (Å²) >= 11 is 0. The maximum Gasteiger partial charge on any atom is 0.228 e. The smallest absolute Gasteiger partial charge is 0.228 e. The highest BCUT2D eigenvalue weighted by atomic mass is 16.5. The van der Waals surface area contributed by atoms with Gasteiger partial charge in [0.05, 0.1) is 26.3 Å². The van der Waals surface area contributed by atoms with Crippen molar-refractivity contribution in [3.63, 3.8) is 0 Å². The van der Waals surface area contributed by atoms with Crippen molar-refractivity contribution in [2.24, 2.45) is 0 Å². The summed E-state index contributed by atoms with van der Waals surface area (Å²) in [6, 6.07) is 12.4. The second-order valence-electron chi connectivity index (χ2n) is 5.17. The summed E-state index contributed by atoms with van der Waals surface area (Å²) in [4.78, 5) is 23.4. The molecule has 2 amide bonds. The molecule has 0 atom stereocenters. The SMILES string of the molecule is COc1cccc(CC(=O)Nc2cc(NC(C)=O)ccc2OC)c1. The van der Waals surface area contributed by atoms with Crippen LogP contribution < -0.4 is 20.1 Å². The van der Waals surface area contributed by atoms with Crippen LogP contribution in [0.5, 0.6) is 11.5 Å². The van der Waals surface area contributed by atoms with E-state index in [1.54, 1.807) is 25.3 Å². The number of rotatable bonds is 6. The van der Waals surface area contributed by atoms with Crippen LogP contribution in [0.1, 0.15) is 12.5 Å². The van der Waals surface area contributed by atoms with E-state index in [1.807, 2.05) is 24.3 Å². The Bertz CT molecular complexity index is 744. The lowest BCUT2D eigenvalue weighted by molar-refractivity contribution is -0.116. The van der Waals surface area contributed by atoms with Gasteiger partial charge in [-0.25, -0.2) is 0 Å². The van der Waals surface area contributed by atoms with E-state index < -0.39 is 0 Å². The molecule has 0 unspecified atom stereocenters. The minimum atomic E-state index is -0.193. The first kappa shape index (κ1) is 17.3. The van der Waals surface area contributed by atoms with Crippen LogP contribution in [-0.4, -0.2) is 26.0 Å². The van der Waals surface area contributed by atoms with Crippen LogP contribution in [-0.2, 0) is 16.0 Å². The molecular formula is C18H20N2O4. The number of hydrogen-bond acceptors (Lipinski definition) is 4. The van der Waals surface area contributed by atoms with E-state index in [1.165, 1.54) is 14.0 Å². The van der Waals surface area contributed by atoms with E-state index in [0.717, 1.165) is 5.56 Å². The highest BCUT2D eigenvalue weighted by Gasteiger charge is 2.10. The fourth-order valence-electron chi connectivity index (χ4n) is 2.25. The Labute approximate surface area is 140 Å². The van der Waals surface area contributed by atoms with Crippen molar-refractivity contribution in [2.45, 2.75) is 13.3 Å². The van der Waals surface area contributed by atoms with Crippen LogP contribution >= 0.6 is 0 Å². The maximum atomic E-state index is 12.3. The van der Waals surface area contributed by atoms with Crippen molar-refractivity contribution in [1.29, 1.82) is 0 Å². The quantitative estimate of drug-likeness (QED) is 0.855. The number of benzene rings is 2. The summed E-state index contributed by atoms with van der Waals surface area (Å²) in [5.74, 6) is 0.837. The number of methoxy groups -OCH3 is 2. The summed E-state index contributed by atoms with van der Waals surface area (Å²) in [7, 11) is 3.10. The summed E-state index contributed by atoms with van der Waals surface area (Å²) in [6.07, 6.45) is 0.199. The van der Waals surface area contributed by atoms with Crippen molar-refractivity contribution >= 4 is 23.2 Å². The Hall–Kier alpha value is -3.02. The van der Waals surface area contributed by atoms with Crippen LogP contribution in [0.2, 0.25) is 0 Å². The number of amides is 2. The molecule has 2 rings (SSSR count). The second-order valence-corrected chi connectivity index (χ2v) is 5.17. The number of ether oxygens (including phenoxy) is 2. The average Bonchev–Trinajstić information content (AvgIpc) is 2.54. The van der Waals surface area contributed by atoms with Crippen molar-refractivity contribution in [3.8, 4) is 11.5 Å². The van der Waals surface area contributed by atoms with E-state index in [-0.39, 0.29) is 18.2 Å². The summed E-state index contributed by atoms with van der Waals surface area (Å²) < 4.78 is 10.4. The van der Waals surface area contributed by atoms with Gasteiger partial charge in [0.1, 0.15) is 11.5 Å². The lowest BCUT2D eigenvalue weighted by atomic mass is 10.1. The molecule has 0 aliphatic carbocycles. The van der Waals surface area contributed by atoms with Gasteiger partial charge in [0.15, 0.2) is 0 Å². The normalized spacial score (nSPS) is 9.96. The topological polar surface area (TPSA) is 76.7 Å². The standard InChI is InChI=1S/C18H20N2O4/c1-12(21)19-14-7-8-17(24-3)16(11-14)20-18(22)10-13-5-4-6-15(9-13)23-2/h4-9,11H,10H2,1-3H3,(H,19,21)(H,20,22). The first-order valence-electron chi connectivity index (χ1n) is 7.40. The molecule has 0 spiro atoms. The highest BCUT2D eigenvalue weighted by molar-refractivity contribution is 5.95. The first-order valence-corrected chi connectivity index (χ1v) is 7.40. The van der Waals surface area contributed by atoms with Gasteiger partial charge in [-0.15, -0.1) is 0 Å². The minimum Gasteiger partial charge on any atom is -0.497 e. The molecule has 2 aromatic carbocycles. The molecule has 126 valence electrons. The van der Waals surface area contributed by atoms with Gasteiger partial charge in [-0.3, -0.25) is 9.59 Å². The van der Waals surface area contributed by atoms with Gasteiger partial charge in [-0.1, -0.05) is 12.1 Å². The molecule has 0 aromatic heterocycles. The van der Waals surface area contributed by atoms with Crippen LogP contribution in [0.4, 0.5) is 11.4 Å². The van der Waals surface area contributed by atoms with E-state index in [4.69, 9.17) is 9.47 Å². The Morgan fingerprint density at radius 1 is 1.00 bits per heavy atom. The van der Waals surface area contributed by atoms with E-state index >= 15 is 0 Å². The number of carbonyl (C=O) groups excluding carboxylic acids is 2. The van der Waals surface area contributed by atoms with Gasteiger partial charge < -0.3 is 20.1 Å². The molecule has 0 saturated carbocycles. The predicted octanol–water partition coefficient (Wildman–Crippen LogP) is 2.84. The first-order chi connectivity index (χ1) is 11.5. The highest BCUT2D eigenvalue weighted by Crippen LogP contribution is 2.28. The zero-order chi connectivity index (χ0) is 17.5. The molecule has 0 aliphatic heterocycles. The lowest BCUT2D eigenvalue weighted by Gasteiger charge is -2.12. The molecular weight excluding hydrogens is 308 g/mol. The number of carbonyl (C=O) groups is 2. The monoisotopic (exact) mass is 328 g/mol. The Morgan fingerprint density at radius 2 is 1.79 bits per heavy atom. The molecule has 2 N–H and O–H groups in total. The molecule has 0 heterocycles. The fourth-order valence-corrected chi connectivity index (χ4v) is 2.25. The Kier molecular flexibility index (Phi) is 5.78. The van der Waals surface area contributed by atoms with Crippen LogP contribution in [0.3, 0.4) is 0 Å². The van der Waals surface area contributed by atoms with Gasteiger partial charge in [0.25, 0.3) is 0 Å². The van der Waals surface area contributed by atoms with Crippen molar-refractivity contribution < 1.29 is 19.1 Å². The third-order valence-corrected chi connectivity index (χ3v) is 3.29. The van der Waals surface area contributed by atoms with Gasteiger partial charge in [0.2, 0.25) is 11.8 Å². The van der Waals surface area contributed by atoms with Crippen LogP contribution in [0.15, 0.2) is 42.5 Å². The lowest BCUT2D eigenvalue weighted by Crippen LogP contribution is -2.15. The maximum absolute atomic E-state index is 12.3. The molecule has 6 nitrogen and oxygen atoms in total. The van der Waals surface area contributed by atoms with Crippen molar-refractivity contribution in [3.05, 3.63) is 48.0 Å². The van der Waals surface area contributed by atoms with E-state index in [0.29, 0.717) is 22.9 Å². The predicted molar refractivity (Wildman–Crippen MR) is 92.6 cm³/mol. The number of hydrogen-bond donors (Lipinski definition) is 2. The molecule has 0 radical (unpaired) electrons. The average molecular weight is 328 g/mol. The fraction of sp³-hybridized carbons (Fsp3) is 0.222. The Morgan fingerprint density at radius 3 is 2.46 bits per heavy atom. The van der Waals surface area contributed by atoms with Gasteiger partial charge >= 0.3 is 0 Å². The second kappa shape index (κ2) is 8.01. The third-order valence-electron chi connectivity index (χ3n) is 3.29. The largest absolute Gasteiger partial charge is 0.497 e.